The fraction of sp³-hybridized carbons (Fsp3) is 0.556. The average Bonchev–Trinajstić information content (AvgIpc) is 3.01. The van der Waals surface area contributed by atoms with Crippen LogP contribution in [-0.4, -0.2) is 29.3 Å². The third kappa shape index (κ3) is 2.58. The highest BCUT2D eigenvalue weighted by atomic mass is 16.8. The quantitative estimate of drug-likeness (QED) is 0.846. The molecule has 1 aromatic carbocycles. The largest absolute Gasteiger partial charge is 0.433 e. The molecule has 3 rings (SSSR count). The number of hydrogen-bond acceptors (Lipinski definition) is 5. The summed E-state index contributed by atoms with van der Waals surface area (Å²) < 4.78 is 11.7. The van der Waals surface area contributed by atoms with Crippen LogP contribution >= 0.6 is 0 Å². The first-order valence-corrected chi connectivity index (χ1v) is 7.90. The maximum atomic E-state index is 12.8. The first-order chi connectivity index (χ1) is 10.7. The summed E-state index contributed by atoms with van der Waals surface area (Å²) in [7, 11) is 0. The Kier molecular flexibility index (Phi) is 3.81. The highest BCUT2D eigenvalue weighted by Crippen LogP contribution is 2.49. The zero-order valence-electron chi connectivity index (χ0n) is 13.6. The SMILES string of the molecule is CC(C)(C)[C@H]1OC(=O)[C@](c2ccccc2)([C@@H]2CC(=O)C(O)C2)O1. The molecule has 1 saturated heterocycles. The topological polar surface area (TPSA) is 72.8 Å². The van der Waals surface area contributed by atoms with Crippen molar-refractivity contribution in [1.29, 1.82) is 0 Å². The number of ether oxygens (including phenoxy) is 2. The number of rotatable bonds is 2. The Hall–Kier alpha value is -1.72. The van der Waals surface area contributed by atoms with Gasteiger partial charge in [-0.2, -0.15) is 0 Å². The van der Waals surface area contributed by atoms with Crippen molar-refractivity contribution < 1.29 is 24.2 Å². The minimum absolute atomic E-state index is 0.113. The fourth-order valence-electron chi connectivity index (χ4n) is 3.32. The van der Waals surface area contributed by atoms with E-state index < -0.39 is 29.9 Å². The van der Waals surface area contributed by atoms with Crippen molar-refractivity contribution in [3.63, 3.8) is 0 Å². The van der Waals surface area contributed by atoms with Crippen molar-refractivity contribution in [1.82, 2.24) is 0 Å². The lowest BCUT2D eigenvalue weighted by molar-refractivity contribution is -0.162. The van der Waals surface area contributed by atoms with Gasteiger partial charge in [0.05, 0.1) is 0 Å². The van der Waals surface area contributed by atoms with Crippen LogP contribution in [0.2, 0.25) is 0 Å². The van der Waals surface area contributed by atoms with Crippen LogP contribution in [-0.2, 0) is 24.7 Å². The van der Waals surface area contributed by atoms with Gasteiger partial charge in [0.2, 0.25) is 6.29 Å². The van der Waals surface area contributed by atoms with E-state index in [0.29, 0.717) is 5.56 Å². The second kappa shape index (κ2) is 5.42. The Balaban J connectivity index is 2.06. The van der Waals surface area contributed by atoms with E-state index in [0.717, 1.165) is 0 Å². The molecule has 0 spiro atoms. The average molecular weight is 318 g/mol. The smallest absolute Gasteiger partial charge is 0.345 e. The molecule has 5 heteroatoms. The van der Waals surface area contributed by atoms with Crippen molar-refractivity contribution >= 4 is 11.8 Å². The van der Waals surface area contributed by atoms with E-state index in [1.54, 1.807) is 0 Å². The second-order valence-corrected chi connectivity index (χ2v) is 7.44. The summed E-state index contributed by atoms with van der Waals surface area (Å²) in [5, 5.41) is 9.84. The highest BCUT2D eigenvalue weighted by molar-refractivity contribution is 5.89. The minimum Gasteiger partial charge on any atom is -0.433 e. The number of ketones is 1. The van der Waals surface area contributed by atoms with Crippen LogP contribution in [0.3, 0.4) is 0 Å². The van der Waals surface area contributed by atoms with E-state index in [1.807, 2.05) is 51.1 Å². The molecular weight excluding hydrogens is 296 g/mol. The van der Waals surface area contributed by atoms with E-state index in [4.69, 9.17) is 9.47 Å². The van der Waals surface area contributed by atoms with Crippen LogP contribution in [0, 0.1) is 11.3 Å². The molecule has 4 atom stereocenters. The third-order valence-electron chi connectivity index (χ3n) is 4.62. The molecule has 124 valence electrons. The molecule has 0 amide bonds. The van der Waals surface area contributed by atoms with Gasteiger partial charge in [0, 0.05) is 17.8 Å². The predicted molar refractivity (Wildman–Crippen MR) is 82.3 cm³/mol. The second-order valence-electron chi connectivity index (χ2n) is 7.44. The number of hydrogen-bond donors (Lipinski definition) is 1. The standard InChI is InChI=1S/C18H22O5/c1-17(2,3)16-22-15(21)18(23-16,11-7-5-4-6-8-11)12-9-13(19)14(20)10-12/h4-8,12-13,16,19H,9-10H2,1-3H3/t12-,13?,16-,18-/m0/s1. The van der Waals surface area contributed by atoms with Crippen LogP contribution < -0.4 is 0 Å². The number of benzene rings is 1. The summed E-state index contributed by atoms with van der Waals surface area (Å²) in [5.74, 6) is -1.15. The molecule has 2 aliphatic rings. The zero-order valence-corrected chi connectivity index (χ0v) is 13.6. The van der Waals surface area contributed by atoms with Gasteiger partial charge < -0.3 is 14.6 Å². The molecule has 0 aromatic heterocycles. The van der Waals surface area contributed by atoms with E-state index in [-0.39, 0.29) is 24.0 Å². The van der Waals surface area contributed by atoms with Crippen LogP contribution in [0.15, 0.2) is 30.3 Å². The van der Waals surface area contributed by atoms with Crippen LogP contribution in [0.4, 0.5) is 0 Å². The molecule has 1 aromatic rings. The lowest BCUT2D eigenvalue weighted by Crippen LogP contribution is -2.41. The number of carbonyl (C=O) groups excluding carboxylic acids is 2. The monoisotopic (exact) mass is 318 g/mol. The molecular formula is C18H22O5. The minimum atomic E-state index is -1.33. The lowest BCUT2D eigenvalue weighted by Gasteiger charge is -2.32. The van der Waals surface area contributed by atoms with Gasteiger partial charge in [-0.1, -0.05) is 51.1 Å². The number of carbonyl (C=O) groups is 2. The molecule has 1 aliphatic carbocycles. The summed E-state index contributed by atoms with van der Waals surface area (Å²) in [6.07, 6.45) is -1.41. The number of cyclic esters (lactones) is 1. The van der Waals surface area contributed by atoms with Crippen LogP contribution in [0.5, 0.6) is 0 Å². The first kappa shape index (κ1) is 16.1. The Bertz CT molecular complexity index is 618. The summed E-state index contributed by atoms with van der Waals surface area (Å²) in [4.78, 5) is 24.7. The van der Waals surface area contributed by atoms with Gasteiger partial charge in [-0.15, -0.1) is 0 Å². The maximum absolute atomic E-state index is 12.8. The van der Waals surface area contributed by atoms with Crippen molar-refractivity contribution in [2.24, 2.45) is 11.3 Å². The van der Waals surface area contributed by atoms with Crippen molar-refractivity contribution in [3.05, 3.63) is 35.9 Å². The van der Waals surface area contributed by atoms with Gasteiger partial charge in [-0.05, 0) is 12.0 Å². The molecule has 1 unspecified atom stereocenters. The van der Waals surface area contributed by atoms with Gasteiger partial charge in [0.25, 0.3) is 0 Å². The summed E-state index contributed by atoms with van der Waals surface area (Å²) in [6.45, 7) is 5.79. The number of aliphatic hydroxyl groups excluding tert-OH is 1. The van der Waals surface area contributed by atoms with Crippen molar-refractivity contribution in [2.45, 2.75) is 51.6 Å². The zero-order chi connectivity index (χ0) is 16.8. The molecule has 1 heterocycles. The highest BCUT2D eigenvalue weighted by Gasteiger charge is 2.61. The first-order valence-electron chi connectivity index (χ1n) is 7.90. The van der Waals surface area contributed by atoms with E-state index >= 15 is 0 Å². The van der Waals surface area contributed by atoms with E-state index in [9.17, 15) is 14.7 Å². The summed E-state index contributed by atoms with van der Waals surface area (Å²) in [5.41, 5.74) is -1.04. The van der Waals surface area contributed by atoms with Gasteiger partial charge in [-0.25, -0.2) is 4.79 Å². The Morgan fingerprint density at radius 2 is 1.83 bits per heavy atom. The van der Waals surface area contributed by atoms with Gasteiger partial charge in [0.1, 0.15) is 6.10 Å². The molecule has 2 fully saturated rings. The van der Waals surface area contributed by atoms with Gasteiger partial charge >= 0.3 is 5.97 Å². The molecule has 1 saturated carbocycles. The third-order valence-corrected chi connectivity index (χ3v) is 4.62. The Labute approximate surface area is 135 Å². The molecule has 23 heavy (non-hydrogen) atoms. The Morgan fingerprint density at radius 1 is 1.17 bits per heavy atom. The fourth-order valence-corrected chi connectivity index (χ4v) is 3.32. The lowest BCUT2D eigenvalue weighted by atomic mass is 9.80. The van der Waals surface area contributed by atoms with Crippen molar-refractivity contribution in [3.8, 4) is 0 Å². The summed E-state index contributed by atoms with van der Waals surface area (Å²) in [6, 6.07) is 9.12. The number of aliphatic hydroxyl groups is 1. The number of Topliss-reactive ketones (excluding diaryl/α,β-unsaturated/α-hetero) is 1. The molecule has 0 radical (unpaired) electrons. The van der Waals surface area contributed by atoms with Crippen LogP contribution in [0.1, 0.15) is 39.2 Å². The maximum Gasteiger partial charge on any atom is 0.345 e. The van der Waals surface area contributed by atoms with Crippen molar-refractivity contribution in [2.75, 3.05) is 0 Å². The van der Waals surface area contributed by atoms with Gasteiger partial charge in [-0.3, -0.25) is 4.79 Å². The molecule has 1 N–H and O–H groups in total. The van der Waals surface area contributed by atoms with Gasteiger partial charge in [0.15, 0.2) is 11.4 Å². The molecule has 1 aliphatic heterocycles. The molecule has 5 nitrogen and oxygen atoms in total. The summed E-state index contributed by atoms with van der Waals surface area (Å²) >= 11 is 0. The Morgan fingerprint density at radius 3 is 2.30 bits per heavy atom. The number of esters is 1. The van der Waals surface area contributed by atoms with E-state index in [1.165, 1.54) is 0 Å². The van der Waals surface area contributed by atoms with E-state index in [2.05, 4.69) is 0 Å². The molecule has 0 bridgehead atoms. The predicted octanol–water partition coefficient (Wildman–Crippen LogP) is 2.17. The normalized spacial score (nSPS) is 34.7. The van der Waals surface area contributed by atoms with Crippen LogP contribution in [0.25, 0.3) is 0 Å².